The van der Waals surface area contributed by atoms with Crippen molar-refractivity contribution < 1.29 is 13.9 Å². The second-order valence-corrected chi connectivity index (χ2v) is 4.29. The highest BCUT2D eigenvalue weighted by Crippen LogP contribution is 2.18. The van der Waals surface area contributed by atoms with Gasteiger partial charge in [0.05, 0.1) is 11.8 Å². The minimum Gasteiger partial charge on any atom is -0.389 e. The molecular formula is C11H16F2N2O. The first kappa shape index (κ1) is 12.8. The van der Waals surface area contributed by atoms with Crippen molar-refractivity contribution in [2.45, 2.75) is 26.4 Å². The molecule has 0 aliphatic rings. The molecule has 0 spiro atoms. The fraction of sp³-hybridized carbons (Fsp3) is 0.545. The summed E-state index contributed by atoms with van der Waals surface area (Å²) in [6, 6.07) is 0.787. The third-order valence-corrected chi connectivity index (χ3v) is 2.05. The van der Waals surface area contributed by atoms with Crippen LogP contribution in [0.5, 0.6) is 0 Å². The van der Waals surface area contributed by atoms with Gasteiger partial charge in [-0.2, -0.15) is 0 Å². The topological polar surface area (TPSA) is 36.4 Å². The van der Waals surface area contributed by atoms with Gasteiger partial charge in [0.25, 0.3) is 0 Å². The second-order valence-electron chi connectivity index (χ2n) is 4.29. The van der Waals surface area contributed by atoms with Crippen molar-refractivity contribution in [3.8, 4) is 0 Å². The average molecular weight is 230 g/mol. The van der Waals surface area contributed by atoms with Gasteiger partial charge in [-0.3, -0.25) is 0 Å². The Labute approximate surface area is 93.7 Å². The second kappa shape index (κ2) is 4.74. The molecule has 0 aliphatic heterocycles. The van der Waals surface area contributed by atoms with E-state index in [-0.39, 0.29) is 12.4 Å². The molecule has 0 aromatic carbocycles. The van der Waals surface area contributed by atoms with E-state index < -0.39 is 17.2 Å². The summed E-state index contributed by atoms with van der Waals surface area (Å²) in [5.41, 5.74) is -0.960. The van der Waals surface area contributed by atoms with Gasteiger partial charge in [0.15, 0.2) is 11.6 Å². The third kappa shape index (κ3) is 3.41. The standard InChI is InChI=1S/C11H16F2N2O/c1-4-15(7-11(2,3)16)10-9(13)5-8(12)6-14-10/h5-6,16H,4,7H2,1-3H3. The predicted molar refractivity (Wildman–Crippen MR) is 58.3 cm³/mol. The molecule has 16 heavy (non-hydrogen) atoms. The number of hydrogen-bond donors (Lipinski definition) is 1. The van der Waals surface area contributed by atoms with Crippen LogP contribution in [0.3, 0.4) is 0 Å². The molecule has 0 unspecified atom stereocenters. The largest absolute Gasteiger partial charge is 0.389 e. The fourth-order valence-corrected chi connectivity index (χ4v) is 1.44. The highest BCUT2D eigenvalue weighted by Gasteiger charge is 2.20. The normalized spacial score (nSPS) is 11.6. The van der Waals surface area contributed by atoms with Gasteiger partial charge in [-0.25, -0.2) is 13.8 Å². The van der Waals surface area contributed by atoms with Gasteiger partial charge < -0.3 is 10.0 Å². The zero-order valence-corrected chi connectivity index (χ0v) is 9.67. The lowest BCUT2D eigenvalue weighted by molar-refractivity contribution is 0.0872. The molecule has 0 fully saturated rings. The maximum absolute atomic E-state index is 13.4. The van der Waals surface area contributed by atoms with Gasteiger partial charge in [0.1, 0.15) is 5.82 Å². The Kier molecular flexibility index (Phi) is 3.80. The van der Waals surface area contributed by atoms with Crippen LogP contribution >= 0.6 is 0 Å². The molecule has 1 N–H and O–H groups in total. The van der Waals surface area contributed by atoms with Gasteiger partial charge in [-0.1, -0.05) is 0 Å². The number of halogens is 2. The highest BCUT2D eigenvalue weighted by molar-refractivity contribution is 5.40. The number of aliphatic hydroxyl groups is 1. The van der Waals surface area contributed by atoms with Crippen molar-refractivity contribution in [3.05, 3.63) is 23.9 Å². The third-order valence-electron chi connectivity index (χ3n) is 2.05. The van der Waals surface area contributed by atoms with Crippen molar-refractivity contribution in [3.63, 3.8) is 0 Å². The summed E-state index contributed by atoms with van der Waals surface area (Å²) in [6.45, 7) is 5.78. The molecule has 0 radical (unpaired) electrons. The molecule has 0 amide bonds. The Bertz CT molecular complexity index is 363. The molecule has 5 heteroatoms. The maximum Gasteiger partial charge on any atom is 0.168 e. The average Bonchev–Trinajstić information content (AvgIpc) is 2.13. The Balaban J connectivity index is 2.95. The van der Waals surface area contributed by atoms with Crippen LogP contribution in [-0.2, 0) is 0 Å². The molecule has 0 saturated carbocycles. The first-order valence-electron chi connectivity index (χ1n) is 5.12. The van der Waals surface area contributed by atoms with Crippen LogP contribution in [-0.4, -0.2) is 28.8 Å². The van der Waals surface area contributed by atoms with E-state index in [4.69, 9.17) is 0 Å². The molecular weight excluding hydrogens is 214 g/mol. The van der Waals surface area contributed by atoms with E-state index in [0.29, 0.717) is 6.54 Å². The van der Waals surface area contributed by atoms with Gasteiger partial charge in [0, 0.05) is 19.2 Å². The van der Waals surface area contributed by atoms with E-state index in [1.165, 1.54) is 0 Å². The molecule has 0 aliphatic carbocycles. The summed E-state index contributed by atoms with van der Waals surface area (Å²) in [5, 5.41) is 9.66. The molecule has 1 heterocycles. The lowest BCUT2D eigenvalue weighted by Gasteiger charge is -2.29. The van der Waals surface area contributed by atoms with Crippen molar-refractivity contribution in [1.29, 1.82) is 0 Å². The van der Waals surface area contributed by atoms with E-state index in [9.17, 15) is 13.9 Å². The van der Waals surface area contributed by atoms with Crippen LogP contribution in [0.4, 0.5) is 14.6 Å². The van der Waals surface area contributed by atoms with Crippen molar-refractivity contribution in [1.82, 2.24) is 4.98 Å². The zero-order valence-electron chi connectivity index (χ0n) is 9.67. The van der Waals surface area contributed by atoms with Crippen molar-refractivity contribution in [2.24, 2.45) is 0 Å². The van der Waals surface area contributed by atoms with E-state index in [2.05, 4.69) is 4.98 Å². The minimum absolute atomic E-state index is 0.0611. The number of hydrogen-bond acceptors (Lipinski definition) is 3. The lowest BCUT2D eigenvalue weighted by atomic mass is 10.1. The van der Waals surface area contributed by atoms with E-state index in [1.807, 2.05) is 6.92 Å². The Morgan fingerprint density at radius 3 is 2.50 bits per heavy atom. The lowest BCUT2D eigenvalue weighted by Crippen LogP contribution is -2.39. The van der Waals surface area contributed by atoms with Crippen molar-refractivity contribution in [2.75, 3.05) is 18.0 Å². The summed E-state index contributed by atoms with van der Waals surface area (Å²) in [4.78, 5) is 5.26. The monoisotopic (exact) mass is 230 g/mol. The number of likely N-dealkylation sites (N-methyl/N-ethyl adjacent to an activating group) is 1. The Morgan fingerprint density at radius 1 is 1.44 bits per heavy atom. The number of pyridine rings is 1. The van der Waals surface area contributed by atoms with Crippen LogP contribution in [0.2, 0.25) is 0 Å². The van der Waals surface area contributed by atoms with Gasteiger partial charge in [-0.15, -0.1) is 0 Å². The molecule has 0 bridgehead atoms. The number of aromatic nitrogens is 1. The molecule has 1 rings (SSSR count). The molecule has 0 saturated heterocycles. The first-order valence-corrected chi connectivity index (χ1v) is 5.12. The summed E-state index contributed by atoms with van der Waals surface area (Å²) < 4.78 is 26.1. The predicted octanol–water partition coefficient (Wildman–Crippen LogP) is 1.96. The summed E-state index contributed by atoms with van der Waals surface area (Å²) in [5.74, 6) is -1.36. The Morgan fingerprint density at radius 2 is 2.06 bits per heavy atom. The quantitative estimate of drug-likeness (QED) is 0.859. The molecule has 90 valence electrons. The van der Waals surface area contributed by atoms with Crippen molar-refractivity contribution >= 4 is 5.82 Å². The van der Waals surface area contributed by atoms with Crippen LogP contribution in [0.1, 0.15) is 20.8 Å². The van der Waals surface area contributed by atoms with Gasteiger partial charge in [0.2, 0.25) is 0 Å². The fourth-order valence-electron chi connectivity index (χ4n) is 1.44. The first-order chi connectivity index (χ1) is 7.33. The maximum atomic E-state index is 13.4. The molecule has 1 aromatic heterocycles. The van der Waals surface area contributed by atoms with E-state index in [1.54, 1.807) is 18.7 Å². The van der Waals surface area contributed by atoms with Gasteiger partial charge >= 0.3 is 0 Å². The smallest absolute Gasteiger partial charge is 0.168 e. The summed E-state index contributed by atoms with van der Waals surface area (Å²) >= 11 is 0. The number of anilines is 1. The molecule has 1 aromatic rings. The van der Waals surface area contributed by atoms with Crippen LogP contribution < -0.4 is 4.90 Å². The summed E-state index contributed by atoms with van der Waals surface area (Å²) in [6.07, 6.45) is 0.964. The SMILES string of the molecule is CCN(CC(C)(C)O)c1ncc(F)cc1F. The molecule has 3 nitrogen and oxygen atoms in total. The minimum atomic E-state index is -0.960. The Hall–Kier alpha value is -1.23. The van der Waals surface area contributed by atoms with Gasteiger partial charge in [-0.05, 0) is 20.8 Å². The molecule has 0 atom stereocenters. The zero-order chi connectivity index (χ0) is 12.3. The van der Waals surface area contributed by atoms with Crippen LogP contribution in [0.15, 0.2) is 12.3 Å². The number of nitrogens with zero attached hydrogens (tertiary/aromatic N) is 2. The van der Waals surface area contributed by atoms with E-state index in [0.717, 1.165) is 12.3 Å². The summed E-state index contributed by atoms with van der Waals surface area (Å²) in [7, 11) is 0. The van der Waals surface area contributed by atoms with E-state index >= 15 is 0 Å². The highest BCUT2D eigenvalue weighted by atomic mass is 19.1. The number of rotatable bonds is 4. The van der Waals surface area contributed by atoms with Crippen LogP contribution in [0.25, 0.3) is 0 Å². The van der Waals surface area contributed by atoms with Crippen LogP contribution in [0, 0.1) is 11.6 Å².